The van der Waals surface area contributed by atoms with E-state index in [9.17, 15) is 5.11 Å². The Morgan fingerprint density at radius 3 is 1.80 bits per heavy atom. The molecule has 0 fully saturated rings. The molecule has 0 aromatic heterocycles. The highest BCUT2D eigenvalue weighted by Gasteiger charge is 2.26. The van der Waals surface area contributed by atoms with Crippen LogP contribution in [0, 0.1) is 5.92 Å². The van der Waals surface area contributed by atoms with Gasteiger partial charge in [0.25, 0.3) is 0 Å². The highest BCUT2D eigenvalue weighted by molar-refractivity contribution is 7.99. The van der Waals surface area contributed by atoms with Crippen molar-refractivity contribution in [1.82, 2.24) is 0 Å². The van der Waals surface area contributed by atoms with Crippen LogP contribution < -0.4 is 0 Å². The van der Waals surface area contributed by atoms with Crippen LogP contribution in [0.3, 0.4) is 0 Å². The summed E-state index contributed by atoms with van der Waals surface area (Å²) in [7, 11) is 0. The maximum absolute atomic E-state index is 9.57. The molecule has 0 saturated heterocycles. The molecule has 1 N–H and O–H groups in total. The van der Waals surface area contributed by atoms with Crippen molar-refractivity contribution in [3.8, 4) is 0 Å². The molecule has 2 heteroatoms. The van der Waals surface area contributed by atoms with Crippen LogP contribution in [0.25, 0.3) is 0 Å². The third kappa shape index (κ3) is 2.93. The van der Waals surface area contributed by atoms with E-state index in [0.717, 1.165) is 0 Å². The SMILES string of the molecule is CSC(C)C(C)C(C)(C)O. The lowest BCUT2D eigenvalue weighted by Crippen LogP contribution is -2.34. The van der Waals surface area contributed by atoms with Crippen molar-refractivity contribution in [3.05, 3.63) is 0 Å². The van der Waals surface area contributed by atoms with Crippen molar-refractivity contribution in [3.63, 3.8) is 0 Å². The van der Waals surface area contributed by atoms with E-state index in [1.165, 1.54) is 0 Å². The van der Waals surface area contributed by atoms with E-state index in [-0.39, 0.29) is 0 Å². The number of thioether (sulfide) groups is 1. The molecule has 0 aliphatic rings. The van der Waals surface area contributed by atoms with E-state index in [4.69, 9.17) is 0 Å². The van der Waals surface area contributed by atoms with Crippen LogP contribution in [0.4, 0.5) is 0 Å². The lowest BCUT2D eigenvalue weighted by molar-refractivity contribution is 0.0259. The second kappa shape index (κ2) is 3.63. The molecule has 2 unspecified atom stereocenters. The van der Waals surface area contributed by atoms with E-state index < -0.39 is 5.60 Å². The van der Waals surface area contributed by atoms with Crippen molar-refractivity contribution in [2.45, 2.75) is 38.5 Å². The molecule has 10 heavy (non-hydrogen) atoms. The summed E-state index contributed by atoms with van der Waals surface area (Å²) >= 11 is 1.80. The van der Waals surface area contributed by atoms with Gasteiger partial charge in [0.1, 0.15) is 0 Å². The summed E-state index contributed by atoms with van der Waals surface area (Å²) in [6, 6.07) is 0. The Morgan fingerprint density at radius 2 is 1.70 bits per heavy atom. The Morgan fingerprint density at radius 1 is 1.30 bits per heavy atom. The summed E-state index contributed by atoms with van der Waals surface area (Å²) in [6.07, 6.45) is 2.08. The molecule has 1 nitrogen and oxygen atoms in total. The van der Waals surface area contributed by atoms with Gasteiger partial charge in [-0.15, -0.1) is 0 Å². The van der Waals surface area contributed by atoms with Gasteiger partial charge in [0, 0.05) is 5.25 Å². The quantitative estimate of drug-likeness (QED) is 0.686. The fraction of sp³-hybridized carbons (Fsp3) is 1.00. The van der Waals surface area contributed by atoms with Crippen LogP contribution in [0.2, 0.25) is 0 Å². The minimum atomic E-state index is -0.539. The van der Waals surface area contributed by atoms with Gasteiger partial charge in [-0.3, -0.25) is 0 Å². The van der Waals surface area contributed by atoms with Gasteiger partial charge in [-0.05, 0) is 26.0 Å². The molecular formula is C8H18OS. The van der Waals surface area contributed by atoms with Crippen LogP contribution in [0.1, 0.15) is 27.7 Å². The molecule has 0 rings (SSSR count). The predicted molar refractivity (Wildman–Crippen MR) is 48.4 cm³/mol. The lowest BCUT2D eigenvalue weighted by atomic mass is 9.90. The maximum atomic E-state index is 9.57. The van der Waals surface area contributed by atoms with Crippen molar-refractivity contribution in [2.75, 3.05) is 6.26 Å². The Labute approximate surface area is 68.2 Å². The maximum Gasteiger partial charge on any atom is 0.0627 e. The minimum absolute atomic E-state index is 0.350. The third-order valence-corrected chi connectivity index (χ3v) is 3.34. The molecule has 0 aliphatic carbocycles. The van der Waals surface area contributed by atoms with Crippen molar-refractivity contribution < 1.29 is 5.11 Å². The first-order chi connectivity index (χ1) is 4.39. The van der Waals surface area contributed by atoms with Gasteiger partial charge in [-0.25, -0.2) is 0 Å². The smallest absolute Gasteiger partial charge is 0.0627 e. The van der Waals surface area contributed by atoms with Crippen LogP contribution in [-0.2, 0) is 0 Å². The zero-order chi connectivity index (χ0) is 8.36. The number of hydrogen-bond acceptors (Lipinski definition) is 2. The van der Waals surface area contributed by atoms with E-state index in [0.29, 0.717) is 11.2 Å². The second-order valence-electron chi connectivity index (χ2n) is 3.38. The summed E-state index contributed by atoms with van der Waals surface area (Å²) in [5, 5.41) is 10.1. The summed E-state index contributed by atoms with van der Waals surface area (Å²) in [6.45, 7) is 7.96. The first-order valence-corrected chi connectivity index (χ1v) is 4.93. The van der Waals surface area contributed by atoms with Crippen LogP contribution in [-0.4, -0.2) is 22.2 Å². The van der Waals surface area contributed by atoms with E-state index in [2.05, 4.69) is 20.1 Å². The molecule has 2 atom stereocenters. The fourth-order valence-electron chi connectivity index (χ4n) is 0.779. The van der Waals surface area contributed by atoms with Gasteiger partial charge >= 0.3 is 0 Å². The molecule has 0 aromatic rings. The topological polar surface area (TPSA) is 20.2 Å². The highest BCUT2D eigenvalue weighted by atomic mass is 32.2. The Hall–Kier alpha value is 0.310. The second-order valence-corrected chi connectivity index (χ2v) is 4.60. The Balaban J connectivity index is 3.94. The molecule has 0 heterocycles. The largest absolute Gasteiger partial charge is 0.390 e. The zero-order valence-corrected chi connectivity index (χ0v) is 8.33. The van der Waals surface area contributed by atoms with Gasteiger partial charge in [0.15, 0.2) is 0 Å². The molecule has 0 radical (unpaired) electrons. The van der Waals surface area contributed by atoms with E-state index in [1.54, 1.807) is 11.8 Å². The molecule has 0 aromatic carbocycles. The van der Waals surface area contributed by atoms with E-state index >= 15 is 0 Å². The lowest BCUT2D eigenvalue weighted by Gasteiger charge is -2.29. The third-order valence-electron chi connectivity index (χ3n) is 2.19. The van der Waals surface area contributed by atoms with Crippen LogP contribution >= 0.6 is 11.8 Å². The monoisotopic (exact) mass is 162 g/mol. The molecular weight excluding hydrogens is 144 g/mol. The summed E-state index contributed by atoms with van der Waals surface area (Å²) in [5.74, 6) is 0.350. The molecule has 0 amide bonds. The van der Waals surface area contributed by atoms with Crippen LogP contribution in [0.15, 0.2) is 0 Å². The average molecular weight is 162 g/mol. The highest BCUT2D eigenvalue weighted by Crippen LogP contribution is 2.26. The van der Waals surface area contributed by atoms with Gasteiger partial charge in [0.05, 0.1) is 5.60 Å². The van der Waals surface area contributed by atoms with Gasteiger partial charge < -0.3 is 5.11 Å². The summed E-state index contributed by atoms with van der Waals surface area (Å²) < 4.78 is 0. The van der Waals surface area contributed by atoms with Gasteiger partial charge in [0.2, 0.25) is 0 Å². The summed E-state index contributed by atoms with van der Waals surface area (Å²) in [5.41, 5.74) is -0.539. The summed E-state index contributed by atoms with van der Waals surface area (Å²) in [4.78, 5) is 0. The number of aliphatic hydroxyl groups is 1. The Kier molecular flexibility index (Phi) is 3.74. The molecule has 0 spiro atoms. The standard InChI is InChI=1S/C8H18OS/c1-6(7(2)10-5)8(3,4)9/h6-7,9H,1-5H3. The number of rotatable bonds is 3. The predicted octanol–water partition coefficient (Wildman–Crippen LogP) is 2.14. The number of hydrogen-bond donors (Lipinski definition) is 1. The first kappa shape index (κ1) is 10.3. The average Bonchev–Trinajstić information content (AvgIpc) is 1.83. The zero-order valence-electron chi connectivity index (χ0n) is 7.51. The van der Waals surface area contributed by atoms with Crippen molar-refractivity contribution in [1.29, 1.82) is 0 Å². The minimum Gasteiger partial charge on any atom is -0.390 e. The fourth-order valence-corrected chi connectivity index (χ4v) is 1.52. The van der Waals surface area contributed by atoms with Gasteiger partial charge in [-0.1, -0.05) is 13.8 Å². The molecule has 0 saturated carbocycles. The van der Waals surface area contributed by atoms with Gasteiger partial charge in [-0.2, -0.15) is 11.8 Å². The Bertz CT molecular complexity index is 95.9. The molecule has 0 aliphatic heterocycles. The van der Waals surface area contributed by atoms with Crippen LogP contribution in [0.5, 0.6) is 0 Å². The van der Waals surface area contributed by atoms with Crippen molar-refractivity contribution in [2.24, 2.45) is 5.92 Å². The van der Waals surface area contributed by atoms with Crippen molar-refractivity contribution >= 4 is 11.8 Å². The normalized spacial score (nSPS) is 18.6. The first-order valence-electron chi connectivity index (χ1n) is 3.64. The van der Waals surface area contributed by atoms with E-state index in [1.807, 2.05) is 13.8 Å². The molecule has 62 valence electrons. The molecule has 0 bridgehead atoms.